The van der Waals surface area contributed by atoms with E-state index in [1.807, 2.05) is 0 Å². The summed E-state index contributed by atoms with van der Waals surface area (Å²) in [5, 5.41) is 3.78. The lowest BCUT2D eigenvalue weighted by Gasteiger charge is -2.35. The van der Waals surface area contributed by atoms with Gasteiger partial charge in [0.1, 0.15) is 0 Å². The number of likely N-dealkylation sites (tertiary alicyclic amines) is 1. The molecule has 1 aliphatic heterocycles. The number of hydrogen-bond acceptors (Lipinski definition) is 2. The van der Waals surface area contributed by atoms with Crippen LogP contribution in [0.25, 0.3) is 0 Å². The second kappa shape index (κ2) is 8.55. The molecule has 0 amide bonds. The van der Waals surface area contributed by atoms with Crippen LogP contribution in [0.2, 0.25) is 0 Å². The molecule has 118 valence electrons. The molecule has 0 saturated carbocycles. The Morgan fingerprint density at radius 2 is 1.67 bits per heavy atom. The van der Waals surface area contributed by atoms with Crippen molar-refractivity contribution in [3.05, 3.63) is 35.4 Å². The summed E-state index contributed by atoms with van der Waals surface area (Å²) in [5.74, 6) is 0. The van der Waals surface area contributed by atoms with E-state index in [1.165, 1.54) is 56.3 Å². The van der Waals surface area contributed by atoms with Gasteiger partial charge in [0.15, 0.2) is 0 Å². The molecule has 1 aromatic carbocycles. The maximum Gasteiger partial charge on any atom is 0.0475 e. The third-order valence-electron chi connectivity index (χ3n) is 4.75. The molecule has 1 aromatic rings. The van der Waals surface area contributed by atoms with Gasteiger partial charge in [0.05, 0.1) is 0 Å². The van der Waals surface area contributed by atoms with Crippen LogP contribution in [-0.4, -0.2) is 30.6 Å². The van der Waals surface area contributed by atoms with Crippen molar-refractivity contribution in [1.82, 2.24) is 10.2 Å². The Labute approximate surface area is 130 Å². The minimum atomic E-state index is 0.448. The molecule has 1 N–H and O–H groups in total. The minimum Gasteiger partial charge on any atom is -0.309 e. The molecular weight excluding hydrogens is 256 g/mol. The molecule has 2 heteroatoms. The smallest absolute Gasteiger partial charge is 0.0475 e. The van der Waals surface area contributed by atoms with Crippen LogP contribution in [0.15, 0.2) is 24.3 Å². The highest BCUT2D eigenvalue weighted by atomic mass is 15.2. The molecule has 0 bridgehead atoms. The lowest BCUT2D eigenvalue weighted by molar-refractivity contribution is 0.175. The van der Waals surface area contributed by atoms with Crippen molar-refractivity contribution in [3.63, 3.8) is 0 Å². The quantitative estimate of drug-likeness (QED) is 0.839. The van der Waals surface area contributed by atoms with Crippen LogP contribution in [0.4, 0.5) is 0 Å². The number of nitrogens with one attached hydrogen (secondary N) is 1. The molecule has 1 fully saturated rings. The zero-order chi connectivity index (χ0) is 15.1. The fraction of sp³-hybridized carbons (Fsp3) is 0.684. The van der Waals surface area contributed by atoms with Gasteiger partial charge in [0, 0.05) is 12.1 Å². The Kier molecular flexibility index (Phi) is 6.72. The van der Waals surface area contributed by atoms with Gasteiger partial charge in [-0.1, -0.05) is 49.6 Å². The number of nitrogens with zero attached hydrogens (tertiary/aromatic N) is 1. The molecule has 1 saturated heterocycles. The molecular formula is C19H32N2. The van der Waals surface area contributed by atoms with Gasteiger partial charge in [-0.25, -0.2) is 0 Å². The highest BCUT2D eigenvalue weighted by molar-refractivity contribution is 5.25. The second-order valence-corrected chi connectivity index (χ2v) is 6.53. The zero-order valence-corrected chi connectivity index (χ0v) is 14.1. The molecule has 1 heterocycles. The molecule has 2 rings (SSSR count). The maximum absolute atomic E-state index is 3.78. The maximum atomic E-state index is 3.78. The van der Waals surface area contributed by atoms with Crippen molar-refractivity contribution in [1.29, 1.82) is 0 Å². The lowest BCUT2D eigenvalue weighted by atomic mass is 9.97. The van der Waals surface area contributed by atoms with Gasteiger partial charge in [0.25, 0.3) is 0 Å². The van der Waals surface area contributed by atoms with Crippen molar-refractivity contribution in [2.24, 2.45) is 0 Å². The van der Waals surface area contributed by atoms with Crippen LogP contribution in [0.5, 0.6) is 0 Å². The Hall–Kier alpha value is -0.860. The van der Waals surface area contributed by atoms with Gasteiger partial charge in [-0.15, -0.1) is 0 Å². The first kappa shape index (κ1) is 16.5. The van der Waals surface area contributed by atoms with Gasteiger partial charge < -0.3 is 5.32 Å². The third kappa shape index (κ3) is 4.82. The molecule has 0 spiro atoms. The summed E-state index contributed by atoms with van der Waals surface area (Å²) in [4.78, 5) is 2.69. The summed E-state index contributed by atoms with van der Waals surface area (Å²) in [6, 6.07) is 10.1. The highest BCUT2D eigenvalue weighted by Crippen LogP contribution is 2.24. The van der Waals surface area contributed by atoms with E-state index in [0.29, 0.717) is 12.1 Å². The first-order valence-electron chi connectivity index (χ1n) is 8.76. The highest BCUT2D eigenvalue weighted by Gasteiger charge is 2.24. The van der Waals surface area contributed by atoms with Crippen LogP contribution >= 0.6 is 0 Å². The van der Waals surface area contributed by atoms with E-state index in [1.54, 1.807) is 0 Å². The molecule has 0 aliphatic carbocycles. The largest absolute Gasteiger partial charge is 0.309 e. The van der Waals surface area contributed by atoms with Crippen LogP contribution in [0.3, 0.4) is 0 Å². The molecule has 0 aromatic heterocycles. The number of rotatable bonds is 6. The standard InChI is InChI=1S/C19H32N2/c1-4-13-20-19(18-11-9-16(2)10-12-18)17(3)21-14-7-5-6-8-15-21/h9-12,17,19-20H,4-8,13-15H2,1-3H3. The van der Waals surface area contributed by atoms with E-state index in [0.717, 1.165) is 6.54 Å². The first-order chi connectivity index (χ1) is 10.2. The summed E-state index contributed by atoms with van der Waals surface area (Å²) in [6.07, 6.45) is 6.72. The van der Waals surface area contributed by atoms with Crippen molar-refractivity contribution >= 4 is 0 Å². The van der Waals surface area contributed by atoms with E-state index in [2.05, 4.69) is 55.3 Å². The van der Waals surface area contributed by atoms with Crippen molar-refractivity contribution in [3.8, 4) is 0 Å². The molecule has 2 atom stereocenters. The average molecular weight is 288 g/mol. The van der Waals surface area contributed by atoms with Crippen LogP contribution in [0.1, 0.15) is 63.1 Å². The van der Waals surface area contributed by atoms with Crippen LogP contribution in [0, 0.1) is 6.92 Å². The van der Waals surface area contributed by atoms with Gasteiger partial charge in [-0.05, 0) is 58.3 Å². The summed E-state index contributed by atoms with van der Waals surface area (Å²) in [7, 11) is 0. The van der Waals surface area contributed by atoms with E-state index in [9.17, 15) is 0 Å². The van der Waals surface area contributed by atoms with Crippen molar-refractivity contribution in [2.75, 3.05) is 19.6 Å². The van der Waals surface area contributed by atoms with Gasteiger partial charge in [0.2, 0.25) is 0 Å². The summed E-state index contributed by atoms with van der Waals surface area (Å²) >= 11 is 0. The Balaban J connectivity index is 2.11. The monoisotopic (exact) mass is 288 g/mol. The van der Waals surface area contributed by atoms with Gasteiger partial charge >= 0.3 is 0 Å². The zero-order valence-electron chi connectivity index (χ0n) is 14.1. The molecule has 2 nitrogen and oxygen atoms in total. The number of aryl methyl sites for hydroxylation is 1. The normalized spacial score (nSPS) is 20.0. The molecule has 1 aliphatic rings. The van der Waals surface area contributed by atoms with Gasteiger partial charge in [-0.3, -0.25) is 4.90 Å². The van der Waals surface area contributed by atoms with Crippen molar-refractivity contribution < 1.29 is 0 Å². The number of benzene rings is 1. The van der Waals surface area contributed by atoms with Crippen LogP contribution in [-0.2, 0) is 0 Å². The Bertz CT molecular complexity index is 391. The minimum absolute atomic E-state index is 0.448. The SMILES string of the molecule is CCCNC(c1ccc(C)cc1)C(C)N1CCCCCC1. The fourth-order valence-electron chi connectivity index (χ4n) is 3.35. The predicted octanol–water partition coefficient (Wildman–Crippen LogP) is 4.30. The lowest BCUT2D eigenvalue weighted by Crippen LogP contribution is -2.43. The first-order valence-corrected chi connectivity index (χ1v) is 8.76. The molecule has 21 heavy (non-hydrogen) atoms. The summed E-state index contributed by atoms with van der Waals surface area (Å²) < 4.78 is 0. The van der Waals surface area contributed by atoms with E-state index >= 15 is 0 Å². The van der Waals surface area contributed by atoms with E-state index in [-0.39, 0.29) is 0 Å². The van der Waals surface area contributed by atoms with Gasteiger partial charge in [-0.2, -0.15) is 0 Å². The van der Waals surface area contributed by atoms with Crippen LogP contribution < -0.4 is 5.32 Å². The number of hydrogen-bond donors (Lipinski definition) is 1. The molecule has 2 unspecified atom stereocenters. The average Bonchev–Trinajstić information content (AvgIpc) is 2.78. The summed E-state index contributed by atoms with van der Waals surface area (Å²) in [6.45, 7) is 10.4. The third-order valence-corrected chi connectivity index (χ3v) is 4.75. The Morgan fingerprint density at radius 1 is 1.05 bits per heavy atom. The fourth-order valence-corrected chi connectivity index (χ4v) is 3.35. The predicted molar refractivity (Wildman–Crippen MR) is 91.7 cm³/mol. The van der Waals surface area contributed by atoms with E-state index in [4.69, 9.17) is 0 Å². The molecule has 0 radical (unpaired) electrons. The Morgan fingerprint density at radius 3 is 2.24 bits per heavy atom. The van der Waals surface area contributed by atoms with Crippen molar-refractivity contribution in [2.45, 2.75) is 65.0 Å². The summed E-state index contributed by atoms with van der Waals surface area (Å²) in [5.41, 5.74) is 2.78. The topological polar surface area (TPSA) is 15.3 Å². The van der Waals surface area contributed by atoms with E-state index < -0.39 is 0 Å². The second-order valence-electron chi connectivity index (χ2n) is 6.53.